The monoisotopic (exact) mass is 328 g/mol. The smallest absolute Gasteiger partial charge is 0.330 e. The van der Waals surface area contributed by atoms with E-state index in [4.69, 9.17) is 4.42 Å². The Morgan fingerprint density at radius 3 is 2.21 bits per heavy atom. The minimum Gasteiger partial charge on any atom is -0.469 e. The zero-order valence-corrected chi connectivity index (χ0v) is 15.1. The summed E-state index contributed by atoms with van der Waals surface area (Å²) in [6, 6.07) is 11.8. The Hall–Kier alpha value is -2.55. The molecule has 1 heterocycles. The van der Waals surface area contributed by atoms with E-state index in [1.807, 2.05) is 49.4 Å². The number of carbonyl (C=O) groups excluding carboxylic acids is 1. The number of rotatable bonds is 4. The summed E-state index contributed by atoms with van der Waals surface area (Å²) in [5.74, 6) is 0.723. The summed E-state index contributed by atoms with van der Waals surface area (Å²) < 4.78 is 9.45. The van der Waals surface area contributed by atoms with Crippen molar-refractivity contribution in [2.75, 3.05) is 7.11 Å². The van der Waals surface area contributed by atoms with Crippen LogP contribution in [0.4, 0.5) is 0 Å². The Labute approximate surface area is 145 Å². The van der Waals surface area contributed by atoms with Crippen LogP contribution in [0, 0.1) is 6.92 Å². The Bertz CT molecular complexity index is 578. The van der Waals surface area contributed by atoms with Crippen LogP contribution in [0.2, 0.25) is 0 Å². The lowest BCUT2D eigenvalue weighted by Crippen LogP contribution is -1.93. The highest BCUT2D eigenvalue weighted by Crippen LogP contribution is 2.04. The van der Waals surface area contributed by atoms with Crippen molar-refractivity contribution in [1.29, 1.82) is 0 Å². The van der Waals surface area contributed by atoms with Crippen LogP contribution >= 0.6 is 0 Å². The number of hydrogen-bond acceptors (Lipinski definition) is 3. The maximum absolute atomic E-state index is 10.7. The van der Waals surface area contributed by atoms with Crippen molar-refractivity contribution in [2.24, 2.45) is 0 Å². The molecule has 0 aliphatic heterocycles. The molecule has 0 spiro atoms. The van der Waals surface area contributed by atoms with Gasteiger partial charge in [-0.2, -0.15) is 0 Å². The van der Waals surface area contributed by atoms with Crippen molar-refractivity contribution in [1.82, 2.24) is 0 Å². The van der Waals surface area contributed by atoms with E-state index < -0.39 is 0 Å². The molecule has 1 aromatic carbocycles. The lowest BCUT2D eigenvalue weighted by atomic mass is 10.1. The van der Waals surface area contributed by atoms with Gasteiger partial charge in [-0.3, -0.25) is 0 Å². The molecule has 1 aromatic heterocycles. The maximum atomic E-state index is 10.7. The van der Waals surface area contributed by atoms with Crippen molar-refractivity contribution >= 4 is 12.0 Å². The van der Waals surface area contributed by atoms with E-state index in [1.54, 1.807) is 12.3 Å². The molecule has 0 fully saturated rings. The van der Waals surface area contributed by atoms with Crippen LogP contribution in [0.1, 0.15) is 37.2 Å². The number of carbonyl (C=O) groups is 1. The summed E-state index contributed by atoms with van der Waals surface area (Å²) in [7, 11) is 1.36. The minimum absolute atomic E-state index is 0.333. The molecule has 0 bridgehead atoms. The number of methoxy groups -OCH3 is 1. The van der Waals surface area contributed by atoms with Gasteiger partial charge in [0.1, 0.15) is 5.76 Å². The fraction of sp³-hybridized carbons (Fsp3) is 0.286. The van der Waals surface area contributed by atoms with E-state index in [9.17, 15) is 4.79 Å². The molecule has 0 saturated heterocycles. The van der Waals surface area contributed by atoms with Gasteiger partial charge in [-0.15, -0.1) is 6.58 Å². The maximum Gasteiger partial charge on any atom is 0.330 e. The predicted octanol–water partition coefficient (Wildman–Crippen LogP) is 5.61. The van der Waals surface area contributed by atoms with Gasteiger partial charge in [-0.1, -0.05) is 49.8 Å². The normalized spacial score (nSPS) is 9.33. The SMILES string of the molecule is C=CCC.CCc1ccco1.COC(=O)/C=C/c1ccc(C)cc1. The number of hydrogen-bond donors (Lipinski definition) is 0. The second kappa shape index (κ2) is 14.1. The number of aryl methyl sites for hydroxylation is 2. The first-order chi connectivity index (χ1) is 11.6. The van der Waals surface area contributed by atoms with E-state index in [0.717, 1.165) is 24.2 Å². The number of benzene rings is 1. The average molecular weight is 328 g/mol. The van der Waals surface area contributed by atoms with Gasteiger partial charge in [0.25, 0.3) is 0 Å². The van der Waals surface area contributed by atoms with E-state index in [-0.39, 0.29) is 5.97 Å². The third-order valence-electron chi connectivity index (χ3n) is 2.91. The molecule has 0 atom stereocenters. The fourth-order valence-electron chi connectivity index (χ4n) is 1.42. The molecule has 0 unspecified atom stereocenters. The molecule has 0 radical (unpaired) electrons. The topological polar surface area (TPSA) is 39.4 Å². The van der Waals surface area contributed by atoms with Crippen molar-refractivity contribution in [3.8, 4) is 0 Å². The Kier molecular flexibility index (Phi) is 12.6. The van der Waals surface area contributed by atoms with Gasteiger partial charge >= 0.3 is 5.97 Å². The molecular formula is C21H28O3. The molecular weight excluding hydrogens is 300 g/mol. The molecule has 2 aromatic rings. The van der Waals surface area contributed by atoms with Crippen LogP contribution in [0.15, 0.2) is 65.8 Å². The van der Waals surface area contributed by atoms with Crippen LogP contribution in [-0.4, -0.2) is 13.1 Å². The first kappa shape index (κ1) is 21.4. The van der Waals surface area contributed by atoms with Crippen LogP contribution in [-0.2, 0) is 16.0 Å². The molecule has 0 aliphatic rings. The van der Waals surface area contributed by atoms with Crippen LogP contribution in [0.3, 0.4) is 0 Å². The lowest BCUT2D eigenvalue weighted by Gasteiger charge is -1.94. The zero-order chi connectivity index (χ0) is 18.2. The largest absolute Gasteiger partial charge is 0.469 e. The third-order valence-corrected chi connectivity index (χ3v) is 2.91. The highest BCUT2D eigenvalue weighted by molar-refractivity contribution is 5.86. The van der Waals surface area contributed by atoms with Gasteiger partial charge in [0, 0.05) is 12.5 Å². The van der Waals surface area contributed by atoms with Crippen LogP contribution in [0.25, 0.3) is 6.08 Å². The van der Waals surface area contributed by atoms with Crippen molar-refractivity contribution in [3.63, 3.8) is 0 Å². The number of ether oxygens (including phenoxy) is 1. The standard InChI is InChI=1S/C11H12O2.C6H8O.C4H8/c1-9-3-5-10(6-4-9)7-8-11(12)13-2;1-2-6-4-3-5-7-6;1-3-4-2/h3-8H,1-2H3;3-5H,2H2,1H3;3H,1,4H2,2H3/b8-7+;;. The summed E-state index contributed by atoms with van der Waals surface area (Å²) in [5, 5.41) is 0. The summed E-state index contributed by atoms with van der Waals surface area (Å²) >= 11 is 0. The first-order valence-electron chi connectivity index (χ1n) is 8.03. The molecule has 130 valence electrons. The van der Waals surface area contributed by atoms with Crippen molar-refractivity contribution in [3.05, 3.63) is 78.3 Å². The Balaban J connectivity index is 0.000000401. The van der Waals surface area contributed by atoms with Crippen LogP contribution < -0.4 is 0 Å². The first-order valence-corrected chi connectivity index (χ1v) is 8.03. The predicted molar refractivity (Wildman–Crippen MR) is 101 cm³/mol. The average Bonchev–Trinajstić information content (AvgIpc) is 3.15. The zero-order valence-electron chi connectivity index (χ0n) is 15.1. The fourth-order valence-corrected chi connectivity index (χ4v) is 1.42. The Morgan fingerprint density at radius 1 is 1.21 bits per heavy atom. The molecule has 3 nitrogen and oxygen atoms in total. The van der Waals surface area contributed by atoms with Crippen molar-refractivity contribution in [2.45, 2.75) is 33.6 Å². The Morgan fingerprint density at radius 2 is 1.83 bits per heavy atom. The quantitative estimate of drug-likeness (QED) is 0.416. The second-order valence-electron chi connectivity index (χ2n) is 4.90. The highest BCUT2D eigenvalue weighted by Gasteiger charge is 1.91. The minimum atomic E-state index is -0.333. The van der Waals surface area contributed by atoms with E-state index in [1.165, 1.54) is 18.7 Å². The van der Waals surface area contributed by atoms with Gasteiger partial charge in [-0.05, 0) is 37.1 Å². The molecule has 24 heavy (non-hydrogen) atoms. The van der Waals surface area contributed by atoms with Gasteiger partial charge in [0.15, 0.2) is 0 Å². The van der Waals surface area contributed by atoms with Crippen molar-refractivity contribution < 1.29 is 13.9 Å². The molecule has 3 heteroatoms. The molecule has 0 amide bonds. The lowest BCUT2D eigenvalue weighted by molar-refractivity contribution is -0.134. The van der Waals surface area contributed by atoms with Gasteiger partial charge in [0.2, 0.25) is 0 Å². The summed E-state index contributed by atoms with van der Waals surface area (Å²) in [5.41, 5.74) is 2.20. The van der Waals surface area contributed by atoms with Gasteiger partial charge < -0.3 is 9.15 Å². The van der Waals surface area contributed by atoms with Gasteiger partial charge in [0.05, 0.1) is 13.4 Å². The van der Waals surface area contributed by atoms with E-state index >= 15 is 0 Å². The number of furan rings is 1. The van der Waals surface area contributed by atoms with Crippen LogP contribution in [0.5, 0.6) is 0 Å². The molecule has 0 N–H and O–H groups in total. The van der Waals surface area contributed by atoms with Gasteiger partial charge in [-0.25, -0.2) is 4.79 Å². The number of allylic oxidation sites excluding steroid dienone is 1. The summed E-state index contributed by atoms with van der Waals surface area (Å²) in [6.45, 7) is 9.63. The third kappa shape index (κ3) is 11.1. The van der Waals surface area contributed by atoms with E-state index in [2.05, 4.69) is 25.2 Å². The molecule has 0 saturated carbocycles. The number of esters is 1. The summed E-state index contributed by atoms with van der Waals surface area (Å²) in [4.78, 5) is 10.7. The summed E-state index contributed by atoms with van der Waals surface area (Å²) in [6.07, 6.45) is 8.78. The van der Waals surface area contributed by atoms with E-state index in [0.29, 0.717) is 0 Å². The molecule has 2 rings (SSSR count). The highest BCUT2D eigenvalue weighted by atomic mass is 16.5. The molecule has 0 aliphatic carbocycles. The second-order valence-corrected chi connectivity index (χ2v) is 4.90.